The number of benzene rings is 1. The largest absolute Gasteiger partial charge is 0.452 e. The lowest BCUT2D eigenvalue weighted by Crippen LogP contribution is -2.03. The van der Waals surface area contributed by atoms with Crippen molar-refractivity contribution in [1.82, 2.24) is 0 Å². The van der Waals surface area contributed by atoms with E-state index < -0.39 is 5.97 Å². The summed E-state index contributed by atoms with van der Waals surface area (Å²) in [7, 11) is 0. The van der Waals surface area contributed by atoms with Crippen molar-refractivity contribution in [2.24, 2.45) is 0 Å². The number of hydrogen-bond acceptors (Lipinski definition) is 2. The Morgan fingerprint density at radius 2 is 2.00 bits per heavy atom. The molecule has 17 heavy (non-hydrogen) atoms. The summed E-state index contributed by atoms with van der Waals surface area (Å²) < 4.78 is 4.96. The van der Waals surface area contributed by atoms with Gasteiger partial charge in [0.1, 0.15) is 6.61 Å². The topological polar surface area (TPSA) is 26.3 Å². The normalized spacial score (nSPS) is 10.4. The highest BCUT2D eigenvalue weighted by Gasteiger charge is 1.96. The van der Waals surface area contributed by atoms with Crippen LogP contribution in [0.3, 0.4) is 0 Å². The van der Waals surface area contributed by atoms with Gasteiger partial charge in [0.2, 0.25) is 0 Å². The maximum Gasteiger partial charge on any atom is 0.385 e. The summed E-state index contributed by atoms with van der Waals surface area (Å²) in [4.78, 5) is 11.3. The van der Waals surface area contributed by atoms with Crippen LogP contribution >= 0.6 is 0 Å². The Bertz CT molecular complexity index is 470. The molecule has 0 aliphatic carbocycles. The minimum Gasteiger partial charge on any atom is -0.452 e. The molecule has 0 aromatic heterocycles. The third-order valence-corrected chi connectivity index (χ3v) is 2.28. The van der Waals surface area contributed by atoms with Gasteiger partial charge in [0, 0.05) is 11.5 Å². The molecule has 1 rings (SSSR count). The monoisotopic (exact) mass is 228 g/mol. The minimum absolute atomic E-state index is 0.303. The summed E-state index contributed by atoms with van der Waals surface area (Å²) in [6.45, 7) is 6.12. The number of ether oxygens (including phenoxy) is 1. The van der Waals surface area contributed by atoms with Crippen LogP contribution in [0.15, 0.2) is 35.9 Å². The van der Waals surface area contributed by atoms with Gasteiger partial charge in [0.15, 0.2) is 0 Å². The molecule has 0 aliphatic rings. The van der Waals surface area contributed by atoms with Crippen LogP contribution in [0, 0.1) is 18.8 Å². The lowest BCUT2D eigenvalue weighted by molar-refractivity contribution is -0.135. The number of aryl methyl sites for hydroxylation is 1. The number of rotatable bonds is 2. The van der Waals surface area contributed by atoms with E-state index in [0.29, 0.717) is 6.61 Å². The molecule has 0 bridgehead atoms. The van der Waals surface area contributed by atoms with Crippen LogP contribution in [0.2, 0.25) is 0 Å². The van der Waals surface area contributed by atoms with Crippen LogP contribution < -0.4 is 0 Å². The van der Waals surface area contributed by atoms with Crippen LogP contribution in [0.5, 0.6) is 0 Å². The Balaban J connectivity index is 2.54. The maximum atomic E-state index is 11.3. The smallest absolute Gasteiger partial charge is 0.385 e. The van der Waals surface area contributed by atoms with Gasteiger partial charge in [-0.25, -0.2) is 4.79 Å². The average Bonchev–Trinajstić information content (AvgIpc) is 2.35. The summed E-state index contributed by atoms with van der Waals surface area (Å²) in [5.74, 6) is 4.74. The Labute approximate surface area is 102 Å². The first-order valence-electron chi connectivity index (χ1n) is 5.49. The molecule has 1 aromatic carbocycles. The fourth-order valence-corrected chi connectivity index (χ4v) is 1.06. The van der Waals surface area contributed by atoms with Crippen molar-refractivity contribution in [3.8, 4) is 11.8 Å². The molecule has 1 aromatic rings. The second-order valence-corrected chi connectivity index (χ2v) is 3.83. The van der Waals surface area contributed by atoms with Gasteiger partial charge in [0.25, 0.3) is 0 Å². The minimum atomic E-state index is -0.494. The molecule has 0 amide bonds. The van der Waals surface area contributed by atoms with Crippen LogP contribution in [0.4, 0.5) is 0 Å². The number of esters is 1. The zero-order valence-corrected chi connectivity index (χ0v) is 10.4. The molecule has 0 atom stereocenters. The molecule has 2 nitrogen and oxygen atoms in total. The lowest BCUT2D eigenvalue weighted by atomic mass is 10.2. The van der Waals surface area contributed by atoms with Gasteiger partial charge in [0.05, 0.1) is 0 Å². The van der Waals surface area contributed by atoms with Gasteiger partial charge in [-0.15, -0.1) is 0 Å². The fourth-order valence-electron chi connectivity index (χ4n) is 1.06. The van der Waals surface area contributed by atoms with Gasteiger partial charge in [-0.2, -0.15) is 0 Å². The van der Waals surface area contributed by atoms with E-state index in [4.69, 9.17) is 4.74 Å². The van der Waals surface area contributed by atoms with Gasteiger partial charge < -0.3 is 4.74 Å². The van der Waals surface area contributed by atoms with Crippen molar-refractivity contribution in [2.45, 2.75) is 20.8 Å². The summed E-state index contributed by atoms with van der Waals surface area (Å²) >= 11 is 0. The second kappa shape index (κ2) is 6.55. The predicted molar refractivity (Wildman–Crippen MR) is 68.4 cm³/mol. The van der Waals surface area contributed by atoms with Crippen molar-refractivity contribution >= 4 is 5.97 Å². The van der Waals surface area contributed by atoms with Gasteiger partial charge in [-0.3, -0.25) is 0 Å². The van der Waals surface area contributed by atoms with Crippen molar-refractivity contribution in [1.29, 1.82) is 0 Å². The van der Waals surface area contributed by atoms with Crippen molar-refractivity contribution < 1.29 is 9.53 Å². The highest BCUT2D eigenvalue weighted by molar-refractivity contribution is 5.89. The highest BCUT2D eigenvalue weighted by atomic mass is 16.5. The third-order valence-electron chi connectivity index (χ3n) is 2.28. The average molecular weight is 228 g/mol. The molecule has 88 valence electrons. The number of carbonyl (C=O) groups is 1. The standard InChI is InChI=1S/C15H16O2/c1-4-12(2)11-17-15(16)10-9-14-7-5-13(3)6-8-14/h4-8H,11H2,1-3H3/b12-4+. The molecular formula is C15H16O2. The fraction of sp³-hybridized carbons (Fsp3) is 0.267. The van der Waals surface area contributed by atoms with E-state index in [1.165, 1.54) is 5.56 Å². The summed E-state index contributed by atoms with van der Waals surface area (Å²) in [5.41, 5.74) is 2.99. The predicted octanol–water partition coefficient (Wildman–Crippen LogP) is 2.86. The Kier molecular flexibility index (Phi) is 5.03. The van der Waals surface area contributed by atoms with Crippen molar-refractivity contribution in [3.63, 3.8) is 0 Å². The number of carbonyl (C=O) groups excluding carboxylic acids is 1. The molecule has 0 heterocycles. The van der Waals surface area contributed by atoms with Crippen molar-refractivity contribution in [2.75, 3.05) is 6.61 Å². The van der Waals surface area contributed by atoms with Crippen LogP contribution in [0.25, 0.3) is 0 Å². The van der Waals surface area contributed by atoms with E-state index in [0.717, 1.165) is 11.1 Å². The van der Waals surface area contributed by atoms with E-state index in [-0.39, 0.29) is 0 Å². The second-order valence-electron chi connectivity index (χ2n) is 3.83. The molecule has 0 N–H and O–H groups in total. The SMILES string of the molecule is C/C=C(\C)COC(=O)C#Cc1ccc(C)cc1. The Morgan fingerprint density at radius 1 is 1.35 bits per heavy atom. The molecule has 0 saturated carbocycles. The van der Waals surface area contributed by atoms with Crippen LogP contribution in [-0.2, 0) is 9.53 Å². The summed E-state index contributed by atoms with van der Waals surface area (Å²) in [6, 6.07) is 7.68. The van der Waals surface area contributed by atoms with E-state index >= 15 is 0 Å². The van der Waals surface area contributed by atoms with Crippen LogP contribution in [0.1, 0.15) is 25.0 Å². The quantitative estimate of drug-likeness (QED) is 0.442. The Morgan fingerprint density at radius 3 is 2.59 bits per heavy atom. The van der Waals surface area contributed by atoms with Gasteiger partial charge in [-0.05, 0) is 38.5 Å². The van der Waals surface area contributed by atoms with E-state index in [2.05, 4.69) is 11.8 Å². The maximum absolute atomic E-state index is 11.3. The summed E-state index contributed by atoms with van der Waals surface area (Å²) in [6.07, 6.45) is 1.90. The lowest BCUT2D eigenvalue weighted by Gasteiger charge is -1.99. The van der Waals surface area contributed by atoms with E-state index in [9.17, 15) is 4.79 Å². The molecular weight excluding hydrogens is 212 g/mol. The Hall–Kier alpha value is -2.01. The van der Waals surface area contributed by atoms with Gasteiger partial charge >= 0.3 is 5.97 Å². The molecule has 0 fully saturated rings. The van der Waals surface area contributed by atoms with E-state index in [1.807, 2.05) is 51.1 Å². The van der Waals surface area contributed by atoms with Gasteiger partial charge in [-0.1, -0.05) is 29.7 Å². The molecule has 2 heteroatoms. The van der Waals surface area contributed by atoms with Crippen LogP contribution in [-0.4, -0.2) is 12.6 Å². The zero-order chi connectivity index (χ0) is 12.7. The van der Waals surface area contributed by atoms with E-state index in [1.54, 1.807) is 0 Å². The molecule has 0 saturated heterocycles. The summed E-state index contributed by atoms with van der Waals surface area (Å²) in [5, 5.41) is 0. The molecule has 0 radical (unpaired) electrons. The first kappa shape index (κ1) is 13.1. The third kappa shape index (κ3) is 5.03. The first-order chi connectivity index (χ1) is 8.11. The molecule has 0 unspecified atom stereocenters. The molecule has 0 spiro atoms. The molecule has 0 aliphatic heterocycles. The number of hydrogen-bond donors (Lipinski definition) is 0. The number of allylic oxidation sites excluding steroid dienone is 1. The zero-order valence-electron chi connectivity index (χ0n) is 10.4. The highest BCUT2D eigenvalue weighted by Crippen LogP contribution is 2.01. The van der Waals surface area contributed by atoms with Crippen molar-refractivity contribution in [3.05, 3.63) is 47.0 Å². The first-order valence-corrected chi connectivity index (χ1v) is 5.49.